The van der Waals surface area contributed by atoms with Gasteiger partial charge < -0.3 is 15.5 Å². The minimum Gasteiger partial charge on any atom is -0.358 e. The van der Waals surface area contributed by atoms with E-state index in [-0.39, 0.29) is 23.8 Å². The molecule has 2 fully saturated rings. The lowest BCUT2D eigenvalue weighted by molar-refractivity contribution is -0.134. The number of para-hydroxylation sites is 1. The molecule has 1 aromatic heterocycles. The van der Waals surface area contributed by atoms with Gasteiger partial charge in [0.1, 0.15) is 17.7 Å². The highest BCUT2D eigenvalue weighted by atomic mass is 16.2. The maximum Gasteiger partial charge on any atom is 0.242 e. The number of carbonyl (C=O) groups excluding carboxylic acids is 2. The molecule has 1 saturated heterocycles. The van der Waals surface area contributed by atoms with Crippen molar-refractivity contribution >= 4 is 28.5 Å². The molecule has 8 heteroatoms. The summed E-state index contributed by atoms with van der Waals surface area (Å²) in [6.07, 6.45) is 3.02. The van der Waals surface area contributed by atoms with Crippen LogP contribution in [-0.2, 0) is 16.1 Å². The number of piperazine rings is 1. The summed E-state index contributed by atoms with van der Waals surface area (Å²) in [6, 6.07) is 7.56. The average molecular weight is 437 g/mol. The van der Waals surface area contributed by atoms with E-state index in [4.69, 9.17) is 9.97 Å². The van der Waals surface area contributed by atoms with Crippen LogP contribution in [0.4, 0.5) is 5.82 Å². The molecule has 2 aliphatic heterocycles. The Morgan fingerprint density at radius 3 is 2.78 bits per heavy atom. The molecule has 1 aromatic carbocycles. The Morgan fingerprint density at radius 1 is 1.19 bits per heavy atom. The van der Waals surface area contributed by atoms with Gasteiger partial charge in [-0.05, 0) is 36.8 Å². The molecule has 5 rings (SSSR count). The van der Waals surface area contributed by atoms with E-state index < -0.39 is 6.04 Å². The Morgan fingerprint density at radius 2 is 2.00 bits per heavy atom. The van der Waals surface area contributed by atoms with Gasteiger partial charge in [0.2, 0.25) is 11.8 Å². The highest BCUT2D eigenvalue weighted by Gasteiger charge is 2.34. The largest absolute Gasteiger partial charge is 0.358 e. The van der Waals surface area contributed by atoms with Crippen LogP contribution in [0.2, 0.25) is 0 Å². The molecule has 2 N–H and O–H groups in total. The lowest BCUT2D eigenvalue weighted by atomic mass is 10.0. The molecule has 1 aliphatic carbocycles. The van der Waals surface area contributed by atoms with Crippen molar-refractivity contribution in [2.75, 3.05) is 31.5 Å². The lowest BCUT2D eigenvalue weighted by Gasteiger charge is -2.41. The summed E-state index contributed by atoms with van der Waals surface area (Å²) < 4.78 is 0. The lowest BCUT2D eigenvalue weighted by Crippen LogP contribution is -2.58. The van der Waals surface area contributed by atoms with Crippen molar-refractivity contribution in [3.05, 3.63) is 30.1 Å². The standard InChI is InChI=1S/C24H32N6O2/c1-15(2)22-24(32)25-12-17-13-30(21(31)11-16-7-8-16)10-9-29(17)14-20-26-19-6-4-3-5-18(19)23(27-20)28-22/h3-6,15-17,22H,7-14H2,1-2H3,(H,25,32)(H,26,27,28)/t17?,22-/m0/s1. The SMILES string of the molecule is CC(C)[C@@H]1Nc2nc(nc3ccccc23)CN2CCN(C(=O)CC3CC3)CC2CNC1=O. The molecule has 32 heavy (non-hydrogen) atoms. The normalized spacial score (nSPS) is 24.5. The van der Waals surface area contributed by atoms with E-state index in [1.807, 2.05) is 43.0 Å². The van der Waals surface area contributed by atoms with Crippen LogP contribution in [0.3, 0.4) is 0 Å². The number of hydrogen-bond acceptors (Lipinski definition) is 6. The van der Waals surface area contributed by atoms with Gasteiger partial charge in [-0.25, -0.2) is 9.97 Å². The molecule has 2 aromatic rings. The molecule has 0 spiro atoms. The monoisotopic (exact) mass is 436 g/mol. The van der Waals surface area contributed by atoms with E-state index in [0.717, 1.165) is 23.3 Å². The molecule has 2 bridgehead atoms. The van der Waals surface area contributed by atoms with E-state index in [2.05, 4.69) is 15.5 Å². The van der Waals surface area contributed by atoms with Crippen molar-refractivity contribution in [3.8, 4) is 0 Å². The first-order chi connectivity index (χ1) is 15.5. The van der Waals surface area contributed by atoms with Crippen LogP contribution in [0.15, 0.2) is 24.3 Å². The van der Waals surface area contributed by atoms with Crippen molar-refractivity contribution in [2.45, 2.75) is 51.7 Å². The number of nitrogens with zero attached hydrogens (tertiary/aromatic N) is 4. The van der Waals surface area contributed by atoms with Gasteiger partial charge >= 0.3 is 0 Å². The number of amides is 2. The van der Waals surface area contributed by atoms with Gasteiger partial charge in [0, 0.05) is 44.0 Å². The van der Waals surface area contributed by atoms with Crippen molar-refractivity contribution in [1.29, 1.82) is 0 Å². The molecular formula is C24H32N6O2. The Labute approximate surface area is 188 Å². The zero-order chi connectivity index (χ0) is 22.2. The van der Waals surface area contributed by atoms with Crippen LogP contribution in [0, 0.1) is 11.8 Å². The second-order valence-corrected chi connectivity index (χ2v) is 9.73. The number of carbonyl (C=O) groups is 2. The summed E-state index contributed by atoms with van der Waals surface area (Å²) in [5.41, 5.74) is 0.872. The zero-order valence-corrected chi connectivity index (χ0v) is 18.9. The topological polar surface area (TPSA) is 90.5 Å². The molecule has 8 nitrogen and oxygen atoms in total. The quantitative estimate of drug-likeness (QED) is 0.765. The Hall–Kier alpha value is -2.74. The van der Waals surface area contributed by atoms with Crippen molar-refractivity contribution < 1.29 is 9.59 Å². The van der Waals surface area contributed by atoms with Crippen molar-refractivity contribution in [1.82, 2.24) is 25.1 Å². The molecule has 0 radical (unpaired) electrons. The van der Waals surface area contributed by atoms with Gasteiger partial charge in [0.15, 0.2) is 0 Å². The number of fused-ring (bicyclic) bond motifs is 5. The van der Waals surface area contributed by atoms with Gasteiger partial charge in [-0.1, -0.05) is 26.0 Å². The third kappa shape index (κ3) is 4.41. The molecular weight excluding hydrogens is 404 g/mol. The number of aromatic nitrogens is 2. The van der Waals surface area contributed by atoms with Crippen LogP contribution in [0.25, 0.3) is 10.9 Å². The smallest absolute Gasteiger partial charge is 0.242 e. The van der Waals surface area contributed by atoms with Crippen LogP contribution < -0.4 is 10.6 Å². The number of rotatable bonds is 3. The van der Waals surface area contributed by atoms with Gasteiger partial charge in [-0.3, -0.25) is 14.5 Å². The van der Waals surface area contributed by atoms with E-state index in [9.17, 15) is 9.59 Å². The van der Waals surface area contributed by atoms with E-state index >= 15 is 0 Å². The van der Waals surface area contributed by atoms with Crippen LogP contribution >= 0.6 is 0 Å². The molecule has 1 unspecified atom stereocenters. The number of nitrogens with one attached hydrogen (secondary N) is 2. The first kappa shape index (κ1) is 21.1. The number of hydrogen-bond donors (Lipinski definition) is 2. The third-order valence-electron chi connectivity index (χ3n) is 6.86. The summed E-state index contributed by atoms with van der Waals surface area (Å²) in [5, 5.41) is 7.47. The predicted octanol–water partition coefficient (Wildman–Crippen LogP) is 2.01. The average Bonchev–Trinajstić information content (AvgIpc) is 3.59. The van der Waals surface area contributed by atoms with E-state index in [1.54, 1.807) is 0 Å². The summed E-state index contributed by atoms with van der Waals surface area (Å²) in [4.78, 5) is 39.8. The third-order valence-corrected chi connectivity index (χ3v) is 6.86. The Balaban J connectivity index is 1.46. The molecule has 3 heterocycles. The van der Waals surface area contributed by atoms with Crippen LogP contribution in [0.5, 0.6) is 0 Å². The van der Waals surface area contributed by atoms with Gasteiger partial charge in [-0.2, -0.15) is 0 Å². The first-order valence-electron chi connectivity index (χ1n) is 11.8. The zero-order valence-electron chi connectivity index (χ0n) is 18.9. The minimum atomic E-state index is -0.399. The van der Waals surface area contributed by atoms with Crippen LogP contribution in [-0.4, -0.2) is 69.8 Å². The molecule has 170 valence electrons. The summed E-state index contributed by atoms with van der Waals surface area (Å²) in [6.45, 7) is 7.27. The number of anilines is 1. The highest BCUT2D eigenvalue weighted by molar-refractivity contribution is 5.92. The highest BCUT2D eigenvalue weighted by Crippen LogP contribution is 2.33. The molecule has 2 atom stereocenters. The van der Waals surface area contributed by atoms with Crippen LogP contribution in [0.1, 0.15) is 38.9 Å². The van der Waals surface area contributed by atoms with Crippen molar-refractivity contribution in [2.24, 2.45) is 11.8 Å². The number of benzene rings is 1. The van der Waals surface area contributed by atoms with E-state index in [0.29, 0.717) is 44.3 Å². The summed E-state index contributed by atoms with van der Waals surface area (Å²) in [5.74, 6) is 2.33. The van der Waals surface area contributed by atoms with E-state index in [1.165, 1.54) is 12.8 Å². The maximum absolute atomic E-state index is 13.1. The molecule has 3 aliphatic rings. The van der Waals surface area contributed by atoms with Crippen molar-refractivity contribution in [3.63, 3.8) is 0 Å². The van der Waals surface area contributed by atoms with Gasteiger partial charge in [0.25, 0.3) is 0 Å². The second kappa shape index (κ2) is 8.65. The fraction of sp³-hybridized carbons (Fsp3) is 0.583. The maximum atomic E-state index is 13.1. The second-order valence-electron chi connectivity index (χ2n) is 9.73. The predicted molar refractivity (Wildman–Crippen MR) is 123 cm³/mol. The van der Waals surface area contributed by atoms with Gasteiger partial charge in [-0.15, -0.1) is 0 Å². The minimum absolute atomic E-state index is 0.0347. The Kier molecular flexibility index (Phi) is 5.71. The molecule has 2 amide bonds. The first-order valence-corrected chi connectivity index (χ1v) is 11.8. The molecule has 1 saturated carbocycles. The summed E-state index contributed by atoms with van der Waals surface area (Å²) >= 11 is 0. The summed E-state index contributed by atoms with van der Waals surface area (Å²) in [7, 11) is 0. The Bertz CT molecular complexity index is 1020. The fourth-order valence-corrected chi connectivity index (χ4v) is 4.72. The van der Waals surface area contributed by atoms with Gasteiger partial charge in [0.05, 0.1) is 12.1 Å². The fourth-order valence-electron chi connectivity index (χ4n) is 4.72.